The van der Waals surface area contributed by atoms with Crippen LogP contribution in [-0.4, -0.2) is 40.5 Å². The van der Waals surface area contributed by atoms with E-state index in [2.05, 4.69) is 5.32 Å². The van der Waals surface area contributed by atoms with Crippen LogP contribution in [0.4, 0.5) is 13.2 Å². The molecular weight excluding hydrogens is 477 g/mol. The Morgan fingerprint density at radius 1 is 1.22 bits per heavy atom. The van der Waals surface area contributed by atoms with Crippen molar-refractivity contribution < 1.29 is 38.5 Å². The van der Waals surface area contributed by atoms with E-state index >= 15 is 8.78 Å². The second-order valence-corrected chi connectivity index (χ2v) is 9.01. The monoisotopic (exact) mass is 503 g/mol. The number of carbonyl (C=O) groups is 4. The van der Waals surface area contributed by atoms with Crippen LogP contribution < -0.4 is 10.1 Å². The van der Waals surface area contributed by atoms with E-state index in [1.54, 1.807) is 19.9 Å². The van der Waals surface area contributed by atoms with Gasteiger partial charge in [-0.1, -0.05) is 12.1 Å². The van der Waals surface area contributed by atoms with E-state index in [1.165, 1.54) is 12.1 Å². The maximum Gasteiger partial charge on any atom is 0.334 e. The molecule has 4 rings (SSSR count). The predicted octanol–water partition coefficient (Wildman–Crippen LogP) is 3.67. The van der Waals surface area contributed by atoms with Gasteiger partial charge in [0.15, 0.2) is 0 Å². The fourth-order valence-electron chi connectivity index (χ4n) is 4.28. The first kappa shape index (κ1) is 24.0. The highest BCUT2D eigenvalue weighted by Gasteiger charge is 2.43. The highest BCUT2D eigenvalue weighted by Crippen LogP contribution is 2.38. The molecule has 0 bridgehead atoms. The van der Waals surface area contributed by atoms with Crippen molar-refractivity contribution in [2.24, 2.45) is 0 Å². The highest BCUT2D eigenvalue weighted by molar-refractivity contribution is 6.05. The van der Waals surface area contributed by atoms with Crippen LogP contribution in [0.1, 0.15) is 61.5 Å². The van der Waals surface area contributed by atoms with Crippen molar-refractivity contribution in [1.29, 1.82) is 0 Å². The fraction of sp³-hybridized carbons (Fsp3) is 0.385. The Kier molecular flexibility index (Phi) is 6.51. The van der Waals surface area contributed by atoms with Crippen molar-refractivity contribution in [2.45, 2.75) is 64.1 Å². The minimum Gasteiger partial charge on any atom is -0.490 e. The number of halogens is 3. The van der Waals surface area contributed by atoms with Gasteiger partial charge in [0.2, 0.25) is 17.6 Å². The molecule has 0 radical (unpaired) electrons. The second-order valence-electron chi connectivity index (χ2n) is 9.01. The van der Waals surface area contributed by atoms with E-state index in [-0.39, 0.29) is 31.4 Å². The zero-order valence-electron chi connectivity index (χ0n) is 20.7. The summed E-state index contributed by atoms with van der Waals surface area (Å²) in [6.07, 6.45) is -1.31. The molecule has 7 nitrogen and oxygen atoms in total. The molecule has 2 aromatic rings. The lowest BCUT2D eigenvalue weighted by Crippen LogP contribution is -2.52. The number of ketones is 1. The van der Waals surface area contributed by atoms with Gasteiger partial charge in [-0.25, -0.2) is 4.39 Å². The molecular formula is C26H25F3N2O5. The van der Waals surface area contributed by atoms with Crippen molar-refractivity contribution in [3.8, 4) is 5.75 Å². The number of hydrogen-bond donors (Lipinski definition) is 1. The summed E-state index contributed by atoms with van der Waals surface area (Å²) in [5, 5.41) is 2.09. The van der Waals surface area contributed by atoms with E-state index in [1.807, 2.05) is 0 Å². The van der Waals surface area contributed by atoms with Crippen LogP contribution in [0.25, 0.3) is 0 Å². The average molecular weight is 503 g/mol. The molecule has 0 aromatic heterocycles. The number of aryl methyl sites for hydroxylation is 1. The number of imide groups is 1. The summed E-state index contributed by atoms with van der Waals surface area (Å²) in [6, 6.07) is 5.14. The van der Waals surface area contributed by atoms with Crippen LogP contribution in [0.15, 0.2) is 36.4 Å². The lowest BCUT2D eigenvalue weighted by atomic mass is 9.97. The Labute approximate surface area is 207 Å². The Balaban J connectivity index is 1.48. The number of Topliss-reactive ketones (excluding diaryl/α,β-unsaturated/α-hetero) is 1. The predicted molar refractivity (Wildman–Crippen MR) is 122 cm³/mol. The number of amides is 3. The standard InChI is InChI=1S/C26H25F3N2O5/c1-14(2)36-21-12-17(27)5-7-19(21)26(28,29)22(32)9-4-15-3-6-18-16(11-15)13-31(25(18)35)20-8-10-23(33)30-24(20)34/h3,5-7,11-12,14,20H,4,8-10,13H2,1-2H3,(H,30,33,34)/i20D. The van der Waals surface area contributed by atoms with Crippen molar-refractivity contribution in [1.82, 2.24) is 10.2 Å². The normalized spacial score (nSPS) is 20.3. The maximum atomic E-state index is 15.0. The molecule has 36 heavy (non-hydrogen) atoms. The molecule has 2 heterocycles. The number of hydrogen-bond acceptors (Lipinski definition) is 5. The smallest absolute Gasteiger partial charge is 0.334 e. The number of alkyl halides is 2. The molecule has 0 saturated carbocycles. The summed E-state index contributed by atoms with van der Waals surface area (Å²) in [5.74, 6) is -8.38. The summed E-state index contributed by atoms with van der Waals surface area (Å²) < 4.78 is 57.5. The number of benzene rings is 2. The number of ether oxygens (including phenoxy) is 1. The van der Waals surface area contributed by atoms with Crippen molar-refractivity contribution in [3.63, 3.8) is 0 Å². The first-order valence-corrected chi connectivity index (χ1v) is 11.5. The molecule has 1 saturated heterocycles. The number of piperidine rings is 1. The number of carbonyl (C=O) groups excluding carboxylic acids is 4. The van der Waals surface area contributed by atoms with E-state index in [0.29, 0.717) is 11.1 Å². The zero-order valence-corrected chi connectivity index (χ0v) is 19.7. The second kappa shape index (κ2) is 9.75. The molecule has 10 heteroatoms. The van der Waals surface area contributed by atoms with Crippen LogP contribution >= 0.6 is 0 Å². The van der Waals surface area contributed by atoms with Crippen molar-refractivity contribution >= 4 is 23.5 Å². The summed E-state index contributed by atoms with van der Waals surface area (Å²) in [4.78, 5) is 50.3. The molecule has 2 aromatic carbocycles. The van der Waals surface area contributed by atoms with Crippen LogP contribution in [0.3, 0.4) is 0 Å². The highest BCUT2D eigenvalue weighted by atomic mass is 19.3. The number of fused-ring (bicyclic) bond motifs is 1. The van der Waals surface area contributed by atoms with Gasteiger partial charge >= 0.3 is 5.92 Å². The molecule has 3 amide bonds. The molecule has 0 aliphatic carbocycles. The Hall–Kier alpha value is -3.69. The molecule has 1 fully saturated rings. The number of rotatable bonds is 8. The van der Waals surface area contributed by atoms with Gasteiger partial charge in [-0.3, -0.25) is 24.5 Å². The maximum absolute atomic E-state index is 15.0. The third-order valence-electron chi connectivity index (χ3n) is 6.04. The van der Waals surface area contributed by atoms with Gasteiger partial charge in [-0.15, -0.1) is 0 Å². The lowest BCUT2D eigenvalue weighted by Gasteiger charge is -2.29. The van der Waals surface area contributed by atoms with Crippen LogP contribution in [0.2, 0.25) is 0 Å². The van der Waals surface area contributed by atoms with Crippen LogP contribution in [0.5, 0.6) is 5.75 Å². The van der Waals surface area contributed by atoms with Crippen LogP contribution in [-0.2, 0) is 33.3 Å². The van der Waals surface area contributed by atoms with Crippen molar-refractivity contribution in [3.05, 3.63) is 64.5 Å². The molecule has 190 valence electrons. The summed E-state index contributed by atoms with van der Waals surface area (Å²) in [7, 11) is 0. The average Bonchev–Trinajstić information content (AvgIpc) is 3.16. The van der Waals surface area contributed by atoms with E-state index in [0.717, 1.165) is 23.1 Å². The third kappa shape index (κ3) is 4.98. The van der Waals surface area contributed by atoms with Gasteiger partial charge in [0.1, 0.15) is 17.6 Å². The van der Waals surface area contributed by atoms with E-state index < -0.39 is 65.1 Å². The zero-order chi connectivity index (χ0) is 27.1. The minimum absolute atomic E-state index is 0.0571. The largest absolute Gasteiger partial charge is 0.490 e. The van der Waals surface area contributed by atoms with Crippen molar-refractivity contribution in [2.75, 3.05) is 0 Å². The van der Waals surface area contributed by atoms with E-state index in [4.69, 9.17) is 6.11 Å². The van der Waals surface area contributed by atoms with E-state index in [9.17, 15) is 23.6 Å². The summed E-state index contributed by atoms with van der Waals surface area (Å²) in [6.45, 7) is 3.12. The SMILES string of the molecule is [2H]C1(N2Cc3cc(CCC(=O)C(F)(F)c4ccc(F)cc4OC(C)C)ccc3C2=O)CCC(=O)NC1=O. The topological polar surface area (TPSA) is 92.8 Å². The van der Waals surface area contributed by atoms with Gasteiger partial charge in [0, 0.05) is 31.0 Å². The first-order valence-electron chi connectivity index (χ1n) is 12.0. The lowest BCUT2D eigenvalue weighted by molar-refractivity contribution is -0.144. The Morgan fingerprint density at radius 3 is 2.67 bits per heavy atom. The molecule has 1 N–H and O–H groups in total. The molecule has 2 aliphatic rings. The van der Waals surface area contributed by atoms with Gasteiger partial charge in [-0.05, 0) is 56.0 Å². The Morgan fingerprint density at radius 2 is 1.97 bits per heavy atom. The van der Waals surface area contributed by atoms with Gasteiger partial charge in [0.05, 0.1) is 13.0 Å². The minimum atomic E-state index is -3.91. The van der Waals surface area contributed by atoms with Gasteiger partial charge in [-0.2, -0.15) is 8.78 Å². The number of nitrogens with one attached hydrogen (secondary N) is 1. The fourth-order valence-corrected chi connectivity index (χ4v) is 4.28. The molecule has 1 atom stereocenters. The Bertz CT molecular complexity index is 1300. The summed E-state index contributed by atoms with van der Waals surface area (Å²) >= 11 is 0. The van der Waals surface area contributed by atoms with Gasteiger partial charge < -0.3 is 9.64 Å². The first-order chi connectivity index (χ1) is 17.3. The summed E-state index contributed by atoms with van der Waals surface area (Å²) in [5.41, 5.74) is 0.549. The molecule has 1 unspecified atom stereocenters. The quantitative estimate of drug-likeness (QED) is 0.555. The van der Waals surface area contributed by atoms with Gasteiger partial charge in [0.25, 0.3) is 5.91 Å². The number of nitrogens with zero attached hydrogens (tertiary/aromatic N) is 1. The van der Waals surface area contributed by atoms with Crippen LogP contribution in [0, 0.1) is 5.82 Å². The molecule has 2 aliphatic heterocycles. The third-order valence-corrected chi connectivity index (χ3v) is 6.04. The molecule has 0 spiro atoms.